The minimum atomic E-state index is -4.56. The highest BCUT2D eigenvalue weighted by molar-refractivity contribution is 5.75. The number of carbonyl (C=O) groups excluding carboxylic acids is 2. The molecule has 150 valence electrons. The lowest BCUT2D eigenvalue weighted by molar-refractivity contribution is -0.141. The fourth-order valence-corrected chi connectivity index (χ4v) is 2.16. The molecule has 2 heterocycles. The third kappa shape index (κ3) is 5.24. The number of pyridine rings is 2. The Labute approximate surface area is 158 Å². The summed E-state index contributed by atoms with van der Waals surface area (Å²) in [6, 6.07) is 4.29. The molecule has 0 aliphatic heterocycles. The normalized spacial score (nSPS) is 11.8. The van der Waals surface area contributed by atoms with Crippen molar-refractivity contribution in [3.63, 3.8) is 0 Å². The number of alkyl halides is 3. The topological polar surface area (TPSA) is 72.4 Å². The smallest absolute Gasteiger partial charge is 0.391 e. The van der Waals surface area contributed by atoms with Crippen molar-refractivity contribution in [2.24, 2.45) is 0 Å². The summed E-state index contributed by atoms with van der Waals surface area (Å²) in [5, 5.41) is 0. The van der Waals surface area contributed by atoms with Crippen molar-refractivity contribution < 1.29 is 31.9 Å². The SMILES string of the molecule is CC(C)(C)N(Cc1ccc(C(F)(F)F)nc1)C(=O)Oc1ccc(C=O)c(F)n1. The number of amides is 1. The van der Waals surface area contributed by atoms with Crippen molar-refractivity contribution in [3.8, 4) is 5.88 Å². The second-order valence-electron chi connectivity index (χ2n) is 6.82. The molecule has 0 radical (unpaired) electrons. The molecule has 0 aliphatic carbocycles. The van der Waals surface area contributed by atoms with Gasteiger partial charge in [0, 0.05) is 17.8 Å². The van der Waals surface area contributed by atoms with Gasteiger partial charge in [-0.15, -0.1) is 0 Å². The molecule has 0 saturated carbocycles. The number of ether oxygens (including phenoxy) is 1. The molecular weight excluding hydrogens is 382 g/mol. The first-order chi connectivity index (χ1) is 12.9. The zero-order valence-electron chi connectivity index (χ0n) is 15.2. The third-order valence-electron chi connectivity index (χ3n) is 3.66. The first-order valence-electron chi connectivity index (χ1n) is 8.05. The van der Waals surface area contributed by atoms with Gasteiger partial charge in [-0.2, -0.15) is 22.5 Å². The highest BCUT2D eigenvalue weighted by atomic mass is 19.4. The third-order valence-corrected chi connectivity index (χ3v) is 3.66. The molecule has 0 unspecified atom stereocenters. The van der Waals surface area contributed by atoms with Gasteiger partial charge in [0.15, 0.2) is 6.29 Å². The van der Waals surface area contributed by atoms with E-state index < -0.39 is 29.5 Å². The molecule has 0 fully saturated rings. The molecule has 0 N–H and O–H groups in total. The number of aromatic nitrogens is 2. The van der Waals surface area contributed by atoms with Crippen molar-refractivity contribution in [1.82, 2.24) is 14.9 Å². The zero-order chi connectivity index (χ0) is 21.1. The molecule has 0 atom stereocenters. The Morgan fingerprint density at radius 2 is 1.86 bits per heavy atom. The molecule has 1 amide bonds. The maximum Gasteiger partial charge on any atom is 0.433 e. The van der Waals surface area contributed by atoms with E-state index in [-0.39, 0.29) is 24.3 Å². The van der Waals surface area contributed by atoms with Gasteiger partial charge in [-0.3, -0.25) is 14.7 Å². The van der Waals surface area contributed by atoms with E-state index in [0.29, 0.717) is 5.56 Å². The molecule has 6 nitrogen and oxygen atoms in total. The summed E-state index contributed by atoms with van der Waals surface area (Å²) < 4.78 is 56.5. The molecule has 0 saturated heterocycles. The van der Waals surface area contributed by atoms with E-state index in [1.807, 2.05) is 0 Å². The zero-order valence-corrected chi connectivity index (χ0v) is 15.2. The maximum atomic E-state index is 13.6. The molecule has 2 rings (SSSR count). The lowest BCUT2D eigenvalue weighted by Gasteiger charge is -2.34. The van der Waals surface area contributed by atoms with E-state index in [2.05, 4.69) is 9.97 Å². The Morgan fingerprint density at radius 1 is 1.18 bits per heavy atom. The van der Waals surface area contributed by atoms with Crippen LogP contribution >= 0.6 is 0 Å². The van der Waals surface area contributed by atoms with E-state index >= 15 is 0 Å². The Hall–Kier alpha value is -3.04. The van der Waals surface area contributed by atoms with Crippen molar-refractivity contribution in [2.75, 3.05) is 0 Å². The maximum absolute atomic E-state index is 13.6. The summed E-state index contributed by atoms with van der Waals surface area (Å²) in [6.45, 7) is 4.97. The number of nitrogens with zero attached hydrogens (tertiary/aromatic N) is 3. The number of carbonyl (C=O) groups is 2. The summed E-state index contributed by atoms with van der Waals surface area (Å²) in [5.41, 5.74) is -1.77. The predicted molar refractivity (Wildman–Crippen MR) is 90.1 cm³/mol. The van der Waals surface area contributed by atoms with Gasteiger partial charge in [-0.1, -0.05) is 6.07 Å². The fourth-order valence-electron chi connectivity index (χ4n) is 2.16. The fraction of sp³-hybridized carbons (Fsp3) is 0.333. The number of aldehydes is 1. The van der Waals surface area contributed by atoms with Crippen LogP contribution in [0.1, 0.15) is 42.4 Å². The Bertz CT molecular complexity index is 862. The average molecular weight is 399 g/mol. The van der Waals surface area contributed by atoms with Crippen LogP contribution in [0, 0.1) is 5.95 Å². The summed E-state index contributed by atoms with van der Waals surface area (Å²) >= 11 is 0. The van der Waals surface area contributed by atoms with Crippen LogP contribution in [0.3, 0.4) is 0 Å². The van der Waals surface area contributed by atoms with Gasteiger partial charge >= 0.3 is 12.3 Å². The van der Waals surface area contributed by atoms with Crippen molar-refractivity contribution in [1.29, 1.82) is 0 Å². The van der Waals surface area contributed by atoms with Gasteiger partial charge in [0.2, 0.25) is 11.8 Å². The quantitative estimate of drug-likeness (QED) is 0.437. The monoisotopic (exact) mass is 399 g/mol. The predicted octanol–water partition coefficient (Wildman–Crippen LogP) is 4.25. The summed E-state index contributed by atoms with van der Waals surface area (Å²) in [6.07, 6.45) is -4.17. The van der Waals surface area contributed by atoms with E-state index in [9.17, 15) is 27.2 Å². The number of hydrogen-bond donors (Lipinski definition) is 0. The lowest BCUT2D eigenvalue weighted by atomic mass is 10.1. The average Bonchev–Trinajstić information content (AvgIpc) is 2.58. The minimum Gasteiger partial charge on any atom is -0.391 e. The second-order valence-corrected chi connectivity index (χ2v) is 6.82. The van der Waals surface area contributed by atoms with Gasteiger partial charge in [0.25, 0.3) is 0 Å². The number of hydrogen-bond acceptors (Lipinski definition) is 5. The number of rotatable bonds is 4. The molecule has 10 heteroatoms. The highest BCUT2D eigenvalue weighted by Crippen LogP contribution is 2.28. The lowest BCUT2D eigenvalue weighted by Crippen LogP contribution is -2.46. The van der Waals surface area contributed by atoms with Gasteiger partial charge in [0.05, 0.1) is 12.1 Å². The standard InChI is InChI=1S/C18H17F4N3O3/c1-17(2,3)25(9-11-4-6-13(23-8-11)18(20,21)22)16(27)28-14-7-5-12(10-26)15(19)24-14/h4-8,10H,9H2,1-3H3. The van der Waals surface area contributed by atoms with Crippen LogP contribution in [-0.4, -0.2) is 32.8 Å². The van der Waals surface area contributed by atoms with Crippen LogP contribution in [0.15, 0.2) is 30.5 Å². The summed E-state index contributed by atoms with van der Waals surface area (Å²) in [7, 11) is 0. The molecule has 2 aromatic heterocycles. The van der Waals surface area contributed by atoms with Crippen LogP contribution in [0.25, 0.3) is 0 Å². The van der Waals surface area contributed by atoms with Gasteiger partial charge < -0.3 is 4.74 Å². The van der Waals surface area contributed by atoms with Crippen LogP contribution in [-0.2, 0) is 12.7 Å². The molecule has 0 bridgehead atoms. The number of halogens is 4. The Balaban J connectivity index is 2.20. The molecule has 2 aromatic rings. The van der Waals surface area contributed by atoms with Crippen LogP contribution in [0.2, 0.25) is 0 Å². The van der Waals surface area contributed by atoms with E-state index in [1.165, 1.54) is 11.0 Å². The van der Waals surface area contributed by atoms with E-state index in [1.54, 1.807) is 20.8 Å². The van der Waals surface area contributed by atoms with Gasteiger partial charge in [0.1, 0.15) is 5.69 Å². The minimum absolute atomic E-state index is 0.0949. The van der Waals surface area contributed by atoms with Crippen molar-refractivity contribution in [3.05, 3.63) is 53.2 Å². The largest absolute Gasteiger partial charge is 0.433 e. The highest BCUT2D eigenvalue weighted by Gasteiger charge is 2.33. The van der Waals surface area contributed by atoms with Crippen LogP contribution < -0.4 is 4.74 Å². The second kappa shape index (κ2) is 7.91. The van der Waals surface area contributed by atoms with Crippen LogP contribution in [0.5, 0.6) is 5.88 Å². The first kappa shape index (κ1) is 21.3. The summed E-state index contributed by atoms with van der Waals surface area (Å²) in [5.74, 6) is -1.44. The van der Waals surface area contributed by atoms with E-state index in [4.69, 9.17) is 4.74 Å². The van der Waals surface area contributed by atoms with Crippen LogP contribution in [0.4, 0.5) is 22.4 Å². The van der Waals surface area contributed by atoms with Crippen molar-refractivity contribution >= 4 is 12.4 Å². The molecule has 0 aromatic carbocycles. The molecule has 0 spiro atoms. The molecule has 28 heavy (non-hydrogen) atoms. The van der Waals surface area contributed by atoms with Crippen molar-refractivity contribution in [2.45, 2.75) is 39.0 Å². The molecular formula is C18H17F4N3O3. The Morgan fingerprint density at radius 3 is 2.32 bits per heavy atom. The van der Waals surface area contributed by atoms with E-state index in [0.717, 1.165) is 24.4 Å². The van der Waals surface area contributed by atoms with Gasteiger partial charge in [-0.05, 0) is 38.5 Å². The van der Waals surface area contributed by atoms with Gasteiger partial charge in [-0.25, -0.2) is 4.79 Å². The first-order valence-corrected chi connectivity index (χ1v) is 8.05. The molecule has 0 aliphatic rings. The Kier molecular flexibility index (Phi) is 6.01. The summed E-state index contributed by atoms with van der Waals surface area (Å²) in [4.78, 5) is 31.1.